The number of aliphatic hydroxyl groups is 1. The molecule has 1 aromatic heterocycles. The maximum absolute atomic E-state index is 15.2. The highest BCUT2D eigenvalue weighted by atomic mass is 127. The summed E-state index contributed by atoms with van der Waals surface area (Å²) in [4.78, 5) is 14.4. The van der Waals surface area contributed by atoms with Gasteiger partial charge in [0.15, 0.2) is 5.82 Å². The van der Waals surface area contributed by atoms with Crippen LogP contribution in [0.2, 0.25) is 0 Å². The van der Waals surface area contributed by atoms with E-state index in [0.717, 1.165) is 0 Å². The number of aromatic amines is 1. The van der Waals surface area contributed by atoms with Gasteiger partial charge in [-0.1, -0.05) is 6.07 Å². The number of carbonyl (C=O) groups is 1. The number of nitrogens with one attached hydrogen (secondary N) is 1. The minimum absolute atomic E-state index is 0.0156. The van der Waals surface area contributed by atoms with E-state index in [1.165, 1.54) is 17.0 Å². The van der Waals surface area contributed by atoms with E-state index < -0.39 is 29.2 Å². The molecule has 1 saturated heterocycles. The van der Waals surface area contributed by atoms with E-state index >= 15 is 4.39 Å². The number of nitrogens with zero attached hydrogens (tertiary/aromatic N) is 3. The summed E-state index contributed by atoms with van der Waals surface area (Å²) >= 11 is 1.99. The smallest absolute Gasteiger partial charge is 0.254 e. The van der Waals surface area contributed by atoms with E-state index in [1.807, 2.05) is 22.6 Å². The van der Waals surface area contributed by atoms with Crippen LogP contribution in [0.15, 0.2) is 24.3 Å². The number of H-pyrrole nitrogens is 1. The Balaban J connectivity index is 1.75. The van der Waals surface area contributed by atoms with Crippen LogP contribution < -0.4 is 5.73 Å². The van der Waals surface area contributed by atoms with Crippen molar-refractivity contribution < 1.29 is 18.7 Å². The maximum atomic E-state index is 15.2. The molecule has 0 spiro atoms. The topological polar surface area (TPSA) is 108 Å². The first kappa shape index (κ1) is 20.1. The van der Waals surface area contributed by atoms with Crippen molar-refractivity contribution >= 4 is 39.5 Å². The first-order chi connectivity index (χ1) is 13.7. The fourth-order valence-electron chi connectivity index (χ4n) is 3.42. The molecule has 1 atom stereocenters. The third kappa shape index (κ3) is 3.49. The lowest BCUT2D eigenvalue weighted by atomic mass is 9.86. The van der Waals surface area contributed by atoms with Gasteiger partial charge in [0.25, 0.3) is 5.91 Å². The SMILES string of the molecule is C[C@H](N)C1(O)CN(C(=O)c2cc3n[nH]nc3c(F)c2Cc2ccc(I)cc2F)C1. The van der Waals surface area contributed by atoms with Gasteiger partial charge in [0, 0.05) is 27.2 Å². The molecule has 0 unspecified atom stereocenters. The molecule has 1 amide bonds. The number of likely N-dealkylation sites (tertiary alicyclic amines) is 1. The number of halogens is 3. The van der Waals surface area contributed by atoms with Crippen LogP contribution in [0.4, 0.5) is 8.78 Å². The molecule has 1 fully saturated rings. The Labute approximate surface area is 178 Å². The Morgan fingerprint density at radius 1 is 1.38 bits per heavy atom. The van der Waals surface area contributed by atoms with Gasteiger partial charge in [-0.05, 0) is 53.3 Å². The fourth-order valence-corrected chi connectivity index (χ4v) is 3.88. The van der Waals surface area contributed by atoms with Crippen molar-refractivity contribution in [2.75, 3.05) is 13.1 Å². The van der Waals surface area contributed by atoms with Gasteiger partial charge in [0.2, 0.25) is 0 Å². The summed E-state index contributed by atoms with van der Waals surface area (Å²) in [6.07, 6.45) is -0.121. The maximum Gasteiger partial charge on any atom is 0.254 e. The van der Waals surface area contributed by atoms with E-state index in [9.17, 15) is 14.3 Å². The van der Waals surface area contributed by atoms with Crippen LogP contribution in [0.25, 0.3) is 11.0 Å². The zero-order chi connectivity index (χ0) is 20.9. The molecular weight excluding hydrogens is 495 g/mol. The number of aromatic nitrogens is 3. The van der Waals surface area contributed by atoms with E-state index in [4.69, 9.17) is 5.73 Å². The average molecular weight is 513 g/mol. The summed E-state index contributed by atoms with van der Waals surface area (Å²) in [5.41, 5.74) is 5.13. The molecule has 4 N–H and O–H groups in total. The molecular formula is C19H18F2IN5O2. The molecule has 2 aromatic carbocycles. The third-order valence-electron chi connectivity index (χ3n) is 5.33. The molecule has 3 aromatic rings. The van der Waals surface area contributed by atoms with Gasteiger partial charge >= 0.3 is 0 Å². The van der Waals surface area contributed by atoms with Crippen molar-refractivity contribution in [1.29, 1.82) is 0 Å². The summed E-state index contributed by atoms with van der Waals surface area (Å²) in [7, 11) is 0. The van der Waals surface area contributed by atoms with Crippen molar-refractivity contribution in [2.24, 2.45) is 5.73 Å². The molecule has 0 radical (unpaired) electrons. The van der Waals surface area contributed by atoms with Crippen molar-refractivity contribution in [3.63, 3.8) is 0 Å². The van der Waals surface area contributed by atoms with Gasteiger partial charge in [0.1, 0.15) is 22.5 Å². The van der Waals surface area contributed by atoms with E-state index in [-0.39, 0.29) is 47.2 Å². The summed E-state index contributed by atoms with van der Waals surface area (Å²) in [6, 6.07) is 5.55. The first-order valence-corrected chi connectivity index (χ1v) is 10.0. The van der Waals surface area contributed by atoms with Gasteiger partial charge in [-0.25, -0.2) is 8.78 Å². The fraction of sp³-hybridized carbons (Fsp3) is 0.316. The zero-order valence-corrected chi connectivity index (χ0v) is 17.6. The van der Waals surface area contributed by atoms with Crippen LogP contribution in [0.1, 0.15) is 28.4 Å². The Morgan fingerprint density at radius 3 is 2.76 bits per heavy atom. The molecule has 0 aliphatic carbocycles. The van der Waals surface area contributed by atoms with Gasteiger partial charge in [-0.15, -0.1) is 0 Å². The van der Waals surface area contributed by atoms with Gasteiger partial charge in [-0.2, -0.15) is 15.4 Å². The molecule has 29 heavy (non-hydrogen) atoms. The van der Waals surface area contributed by atoms with Gasteiger partial charge < -0.3 is 15.7 Å². The normalized spacial score (nSPS) is 16.7. The van der Waals surface area contributed by atoms with Crippen LogP contribution in [0.5, 0.6) is 0 Å². The van der Waals surface area contributed by atoms with Crippen LogP contribution in [0, 0.1) is 15.2 Å². The second-order valence-electron chi connectivity index (χ2n) is 7.37. The summed E-state index contributed by atoms with van der Waals surface area (Å²) in [6.45, 7) is 1.74. The number of amides is 1. The summed E-state index contributed by atoms with van der Waals surface area (Å²) < 4.78 is 30.3. The Kier molecular flexibility index (Phi) is 5.03. The molecule has 2 heterocycles. The molecule has 10 heteroatoms. The number of benzene rings is 2. The van der Waals surface area contributed by atoms with E-state index in [0.29, 0.717) is 3.57 Å². The number of hydrogen-bond donors (Lipinski definition) is 3. The number of nitrogens with two attached hydrogens (primary N) is 1. The van der Waals surface area contributed by atoms with E-state index in [1.54, 1.807) is 19.1 Å². The first-order valence-electron chi connectivity index (χ1n) is 8.92. The number of carbonyl (C=O) groups excluding carboxylic acids is 1. The standard InChI is InChI=1S/C19H18F2IN5O2/c1-9(23)19(29)7-27(8-19)18(28)13-6-15-17(25-26-24-15)16(21)12(13)4-10-2-3-11(22)5-14(10)20/h2-3,5-6,9,29H,4,7-8,23H2,1H3,(H,24,25,26)/t9-/m0/s1. The third-order valence-corrected chi connectivity index (χ3v) is 6.00. The van der Waals surface area contributed by atoms with Crippen LogP contribution in [-0.4, -0.2) is 56.1 Å². The number of β-amino-alcohol motifs (C(OH)–C–C–N with tert-alkyl or cyclic N) is 1. The molecule has 0 bridgehead atoms. The average Bonchev–Trinajstić information content (AvgIpc) is 3.11. The number of fused-ring (bicyclic) bond motifs is 1. The molecule has 4 rings (SSSR count). The van der Waals surface area contributed by atoms with Crippen molar-refractivity contribution in [1.82, 2.24) is 20.3 Å². The monoisotopic (exact) mass is 513 g/mol. The lowest BCUT2D eigenvalue weighted by Crippen LogP contribution is -2.70. The minimum atomic E-state index is -1.17. The van der Waals surface area contributed by atoms with Crippen LogP contribution in [0.3, 0.4) is 0 Å². The quantitative estimate of drug-likeness (QED) is 0.463. The summed E-state index contributed by atoms with van der Waals surface area (Å²) in [5.74, 6) is -1.68. The van der Waals surface area contributed by atoms with Crippen LogP contribution >= 0.6 is 22.6 Å². The Bertz CT molecular complexity index is 1110. The van der Waals surface area contributed by atoms with Crippen molar-refractivity contribution in [2.45, 2.75) is 25.0 Å². The van der Waals surface area contributed by atoms with Gasteiger partial charge in [0.05, 0.1) is 13.1 Å². The van der Waals surface area contributed by atoms with E-state index in [2.05, 4.69) is 15.4 Å². The molecule has 1 aliphatic heterocycles. The molecule has 7 nitrogen and oxygen atoms in total. The lowest BCUT2D eigenvalue weighted by Gasteiger charge is -2.48. The van der Waals surface area contributed by atoms with Crippen LogP contribution in [-0.2, 0) is 6.42 Å². The second kappa shape index (κ2) is 7.26. The Hall–Kier alpha value is -2.18. The lowest BCUT2D eigenvalue weighted by molar-refractivity contribution is -0.0931. The van der Waals surface area contributed by atoms with Crippen molar-refractivity contribution in [3.8, 4) is 0 Å². The highest BCUT2D eigenvalue weighted by molar-refractivity contribution is 14.1. The second-order valence-corrected chi connectivity index (χ2v) is 8.62. The molecule has 0 saturated carbocycles. The number of rotatable bonds is 4. The summed E-state index contributed by atoms with van der Waals surface area (Å²) in [5, 5.41) is 20.4. The largest absolute Gasteiger partial charge is 0.385 e. The predicted octanol–water partition coefficient (Wildman–Crippen LogP) is 1.97. The molecule has 1 aliphatic rings. The zero-order valence-electron chi connectivity index (χ0n) is 15.4. The highest BCUT2D eigenvalue weighted by Crippen LogP contribution is 2.30. The number of hydrogen-bond acceptors (Lipinski definition) is 5. The predicted molar refractivity (Wildman–Crippen MR) is 110 cm³/mol. The van der Waals surface area contributed by atoms with Gasteiger partial charge in [-0.3, -0.25) is 4.79 Å². The minimum Gasteiger partial charge on any atom is -0.385 e. The highest BCUT2D eigenvalue weighted by Gasteiger charge is 2.47. The molecule has 152 valence electrons. The Morgan fingerprint density at radius 2 is 2.10 bits per heavy atom. The van der Waals surface area contributed by atoms with Crippen molar-refractivity contribution in [3.05, 3.63) is 56.2 Å².